The molecule has 1 fully saturated rings. The molecule has 1 N–H and O–H groups in total. The number of nitrogens with one attached hydrogen (secondary N) is 1. The summed E-state index contributed by atoms with van der Waals surface area (Å²) in [6.45, 7) is 2.96. The summed E-state index contributed by atoms with van der Waals surface area (Å²) in [5, 5.41) is 2.74. The molecular weight excluding hydrogens is 419 g/mol. The molecular formula is C22H29FN4O3S. The summed E-state index contributed by atoms with van der Waals surface area (Å²) in [6.07, 6.45) is 0.656. The molecule has 2 aromatic carbocycles. The third kappa shape index (κ3) is 6.25. The van der Waals surface area contributed by atoms with Gasteiger partial charge in [-0.25, -0.2) is 17.7 Å². The number of nitrogens with zero attached hydrogens (tertiary/aromatic N) is 3. The minimum atomic E-state index is -1.17. The van der Waals surface area contributed by atoms with Gasteiger partial charge in [-0.05, 0) is 56.4 Å². The van der Waals surface area contributed by atoms with Gasteiger partial charge in [0.05, 0.1) is 23.8 Å². The van der Waals surface area contributed by atoms with E-state index in [4.69, 9.17) is 4.74 Å². The van der Waals surface area contributed by atoms with Crippen LogP contribution in [0, 0.1) is 5.82 Å². The molecule has 1 unspecified atom stereocenters. The van der Waals surface area contributed by atoms with Gasteiger partial charge in [-0.3, -0.25) is 0 Å². The number of anilines is 2. The van der Waals surface area contributed by atoms with E-state index < -0.39 is 11.0 Å². The molecule has 0 radical (unpaired) electrons. The Balaban J connectivity index is 1.52. The van der Waals surface area contributed by atoms with Crippen LogP contribution in [0.25, 0.3) is 0 Å². The molecule has 3 rings (SSSR count). The number of morpholine rings is 1. The summed E-state index contributed by atoms with van der Waals surface area (Å²) in [5.74, 6) is -0.363. The summed E-state index contributed by atoms with van der Waals surface area (Å²) in [5.41, 5.74) is 1.98. The minimum absolute atomic E-state index is 0.302. The Morgan fingerprint density at radius 1 is 1.13 bits per heavy atom. The number of ether oxygens (including phenoxy) is 1. The number of likely N-dealkylation sites (N-methyl/N-ethyl adjacent to an activating group) is 1. The zero-order valence-electron chi connectivity index (χ0n) is 18.1. The first-order chi connectivity index (χ1) is 14.8. The van der Waals surface area contributed by atoms with E-state index in [2.05, 4.69) is 5.32 Å². The van der Waals surface area contributed by atoms with Gasteiger partial charge in [0.1, 0.15) is 16.8 Å². The zero-order chi connectivity index (χ0) is 22.4. The van der Waals surface area contributed by atoms with Gasteiger partial charge in [0.15, 0.2) is 0 Å². The summed E-state index contributed by atoms with van der Waals surface area (Å²) >= 11 is 0. The predicted molar refractivity (Wildman–Crippen MR) is 121 cm³/mol. The van der Waals surface area contributed by atoms with Crippen molar-refractivity contribution < 1.29 is 18.1 Å². The van der Waals surface area contributed by atoms with Crippen molar-refractivity contribution in [3.8, 4) is 0 Å². The second-order valence-electron chi connectivity index (χ2n) is 7.57. The number of amides is 2. The van der Waals surface area contributed by atoms with Gasteiger partial charge in [-0.1, -0.05) is 12.1 Å². The highest BCUT2D eigenvalue weighted by Gasteiger charge is 2.16. The smallest absolute Gasteiger partial charge is 0.321 e. The number of hydrogen-bond donors (Lipinski definition) is 1. The molecule has 31 heavy (non-hydrogen) atoms. The van der Waals surface area contributed by atoms with Crippen molar-refractivity contribution in [1.29, 1.82) is 0 Å². The maximum atomic E-state index is 14.5. The first kappa shape index (κ1) is 23.2. The van der Waals surface area contributed by atoms with Crippen molar-refractivity contribution in [1.82, 2.24) is 9.21 Å². The number of urea groups is 1. The van der Waals surface area contributed by atoms with Crippen LogP contribution in [0.2, 0.25) is 0 Å². The highest BCUT2D eigenvalue weighted by molar-refractivity contribution is 7.82. The van der Waals surface area contributed by atoms with Crippen LogP contribution in [0.15, 0.2) is 47.4 Å². The zero-order valence-corrected chi connectivity index (χ0v) is 19.0. The molecule has 1 atom stereocenters. The monoisotopic (exact) mass is 448 g/mol. The van der Waals surface area contributed by atoms with E-state index in [0.717, 1.165) is 10.5 Å². The first-order valence-corrected chi connectivity index (χ1v) is 11.3. The average Bonchev–Trinajstić information content (AvgIpc) is 2.78. The van der Waals surface area contributed by atoms with Gasteiger partial charge in [-0.2, -0.15) is 0 Å². The standard InChI is InChI=1S/C22H29FN4O3S/c1-25(2)31(29)19-7-4-17(5-8-19)10-11-26(3)22(28)24-18-6-9-21(20(23)16-18)27-12-14-30-15-13-27/h4-9,16H,10-15H2,1-3H3,(H,24,28). The van der Waals surface area contributed by atoms with Gasteiger partial charge in [0.2, 0.25) is 0 Å². The van der Waals surface area contributed by atoms with Crippen LogP contribution in [0.5, 0.6) is 0 Å². The van der Waals surface area contributed by atoms with Gasteiger partial charge in [-0.15, -0.1) is 0 Å². The van der Waals surface area contributed by atoms with E-state index in [0.29, 0.717) is 50.6 Å². The number of benzene rings is 2. The fourth-order valence-electron chi connectivity index (χ4n) is 3.25. The minimum Gasteiger partial charge on any atom is -0.378 e. The number of carbonyl (C=O) groups excluding carboxylic acids is 1. The van der Waals surface area contributed by atoms with Crippen LogP contribution >= 0.6 is 0 Å². The summed E-state index contributed by atoms with van der Waals surface area (Å²) in [4.78, 5) is 16.7. The van der Waals surface area contributed by atoms with E-state index in [1.807, 2.05) is 29.2 Å². The summed E-state index contributed by atoms with van der Waals surface area (Å²) < 4.78 is 33.5. The topological polar surface area (TPSA) is 65.1 Å². The van der Waals surface area contributed by atoms with Crippen LogP contribution in [-0.4, -0.2) is 73.4 Å². The Bertz CT molecular complexity index is 917. The van der Waals surface area contributed by atoms with E-state index in [-0.39, 0.29) is 11.8 Å². The normalized spacial score (nSPS) is 15.1. The SMILES string of the molecule is CN(CCc1ccc(S(=O)N(C)C)cc1)C(=O)Nc1ccc(N2CCOCC2)c(F)c1. The van der Waals surface area contributed by atoms with Crippen LogP contribution in [0.3, 0.4) is 0 Å². The quantitative estimate of drug-likeness (QED) is 0.707. The maximum absolute atomic E-state index is 14.5. The van der Waals surface area contributed by atoms with Gasteiger partial charge in [0.25, 0.3) is 0 Å². The Kier molecular flexibility index (Phi) is 8.00. The lowest BCUT2D eigenvalue weighted by Crippen LogP contribution is -2.36. The average molecular weight is 449 g/mol. The number of hydrogen-bond acceptors (Lipinski definition) is 4. The number of carbonyl (C=O) groups is 1. The molecule has 1 saturated heterocycles. The maximum Gasteiger partial charge on any atom is 0.321 e. The fraction of sp³-hybridized carbons (Fsp3) is 0.409. The molecule has 2 aromatic rings. The molecule has 1 aliphatic rings. The highest BCUT2D eigenvalue weighted by atomic mass is 32.2. The molecule has 0 saturated carbocycles. The second kappa shape index (κ2) is 10.7. The molecule has 7 nitrogen and oxygen atoms in total. The Labute approximate surface area is 185 Å². The van der Waals surface area contributed by atoms with Crippen molar-refractivity contribution in [2.45, 2.75) is 11.3 Å². The lowest BCUT2D eigenvalue weighted by Gasteiger charge is -2.29. The summed E-state index contributed by atoms with van der Waals surface area (Å²) in [7, 11) is 4.05. The largest absolute Gasteiger partial charge is 0.378 e. The molecule has 168 valence electrons. The van der Waals surface area contributed by atoms with E-state index in [1.165, 1.54) is 6.07 Å². The lowest BCUT2D eigenvalue weighted by atomic mass is 10.1. The fourth-order valence-corrected chi connectivity index (χ4v) is 4.04. The number of rotatable bonds is 7. The predicted octanol–water partition coefficient (Wildman–Crippen LogP) is 2.95. The van der Waals surface area contributed by atoms with Crippen molar-refractivity contribution in [2.24, 2.45) is 0 Å². The van der Waals surface area contributed by atoms with Crippen LogP contribution in [0.1, 0.15) is 5.56 Å². The van der Waals surface area contributed by atoms with Crippen molar-refractivity contribution in [3.05, 3.63) is 53.8 Å². The lowest BCUT2D eigenvalue weighted by molar-refractivity contribution is 0.122. The van der Waals surface area contributed by atoms with E-state index in [1.54, 1.807) is 42.5 Å². The van der Waals surface area contributed by atoms with Gasteiger partial charge < -0.3 is 19.9 Å². The van der Waals surface area contributed by atoms with Crippen molar-refractivity contribution in [3.63, 3.8) is 0 Å². The Morgan fingerprint density at radius 3 is 2.42 bits per heavy atom. The molecule has 0 aliphatic carbocycles. The molecule has 2 amide bonds. The molecule has 0 spiro atoms. The van der Waals surface area contributed by atoms with Crippen molar-refractivity contribution >= 4 is 28.4 Å². The first-order valence-electron chi connectivity index (χ1n) is 10.2. The number of halogens is 1. The van der Waals surface area contributed by atoms with E-state index in [9.17, 15) is 13.4 Å². The third-order valence-corrected chi connectivity index (χ3v) is 6.43. The summed E-state index contributed by atoms with van der Waals surface area (Å²) in [6, 6.07) is 12.0. The highest BCUT2D eigenvalue weighted by Crippen LogP contribution is 2.24. The van der Waals surface area contributed by atoms with Crippen LogP contribution in [-0.2, 0) is 22.1 Å². The molecule has 9 heteroatoms. The van der Waals surface area contributed by atoms with Crippen LogP contribution < -0.4 is 10.2 Å². The third-order valence-electron chi connectivity index (χ3n) is 5.09. The molecule has 0 aromatic heterocycles. The Hall–Kier alpha value is -2.49. The van der Waals surface area contributed by atoms with Gasteiger partial charge >= 0.3 is 6.03 Å². The van der Waals surface area contributed by atoms with Gasteiger partial charge in [0, 0.05) is 32.4 Å². The molecule has 1 aliphatic heterocycles. The molecule has 0 bridgehead atoms. The van der Waals surface area contributed by atoms with Crippen LogP contribution in [0.4, 0.5) is 20.6 Å². The van der Waals surface area contributed by atoms with E-state index >= 15 is 0 Å². The van der Waals surface area contributed by atoms with Crippen molar-refractivity contribution in [2.75, 3.05) is 64.2 Å². The Morgan fingerprint density at radius 2 is 1.81 bits per heavy atom. The molecule has 1 heterocycles. The second-order valence-corrected chi connectivity index (χ2v) is 9.27.